The second-order valence-electron chi connectivity index (χ2n) is 3.25. The molecule has 1 atom stereocenters. The van der Waals surface area contributed by atoms with Crippen LogP contribution in [-0.2, 0) is 5.75 Å². The van der Waals surface area contributed by atoms with E-state index in [1.807, 2.05) is 24.0 Å². The molecule has 1 aromatic rings. The van der Waals surface area contributed by atoms with Gasteiger partial charge in [-0.15, -0.1) is 0 Å². The van der Waals surface area contributed by atoms with Crippen molar-refractivity contribution in [2.75, 3.05) is 13.1 Å². The van der Waals surface area contributed by atoms with Crippen LogP contribution in [0, 0.1) is 0 Å². The maximum atomic E-state index is 4.30. The lowest BCUT2D eigenvalue weighted by Gasteiger charge is -2.06. The molecule has 1 fully saturated rings. The van der Waals surface area contributed by atoms with Gasteiger partial charge in [0.05, 0.1) is 5.69 Å². The molecular formula is C10H14N2S. The van der Waals surface area contributed by atoms with Gasteiger partial charge in [0.15, 0.2) is 0 Å². The molecule has 2 heterocycles. The van der Waals surface area contributed by atoms with Crippen molar-refractivity contribution < 1.29 is 0 Å². The first kappa shape index (κ1) is 9.03. The molecule has 1 aromatic heterocycles. The van der Waals surface area contributed by atoms with Gasteiger partial charge in [-0.05, 0) is 25.1 Å². The Kier molecular flexibility index (Phi) is 3.22. The zero-order valence-corrected chi connectivity index (χ0v) is 8.39. The molecule has 1 saturated heterocycles. The first-order valence-electron chi connectivity index (χ1n) is 4.67. The van der Waals surface area contributed by atoms with Crippen LogP contribution in [0.2, 0.25) is 0 Å². The fourth-order valence-corrected chi connectivity index (χ4v) is 2.55. The smallest absolute Gasteiger partial charge is 0.0502 e. The predicted molar refractivity (Wildman–Crippen MR) is 56.8 cm³/mol. The number of nitrogens with one attached hydrogen (secondary N) is 1. The van der Waals surface area contributed by atoms with Crippen LogP contribution in [0.1, 0.15) is 12.1 Å². The largest absolute Gasteiger partial charge is 0.316 e. The molecule has 0 bridgehead atoms. The molecule has 2 rings (SSSR count). The van der Waals surface area contributed by atoms with Gasteiger partial charge in [0.1, 0.15) is 0 Å². The van der Waals surface area contributed by atoms with Gasteiger partial charge in [0, 0.05) is 23.7 Å². The Bertz CT molecular complexity index is 244. The lowest BCUT2D eigenvalue weighted by Crippen LogP contribution is -2.10. The summed E-state index contributed by atoms with van der Waals surface area (Å²) in [7, 11) is 0. The number of thioether (sulfide) groups is 1. The Hall–Kier alpha value is -0.540. The van der Waals surface area contributed by atoms with Crippen molar-refractivity contribution in [3.05, 3.63) is 30.1 Å². The average Bonchev–Trinajstić information content (AvgIpc) is 2.69. The number of rotatable bonds is 3. The van der Waals surface area contributed by atoms with Crippen molar-refractivity contribution in [3.63, 3.8) is 0 Å². The Morgan fingerprint density at radius 2 is 2.54 bits per heavy atom. The van der Waals surface area contributed by atoms with Crippen LogP contribution < -0.4 is 5.32 Å². The first-order chi connectivity index (χ1) is 6.45. The highest BCUT2D eigenvalue weighted by atomic mass is 32.2. The van der Waals surface area contributed by atoms with Crippen LogP contribution in [0.4, 0.5) is 0 Å². The van der Waals surface area contributed by atoms with E-state index in [0.717, 1.165) is 17.5 Å². The summed E-state index contributed by atoms with van der Waals surface area (Å²) in [6, 6.07) is 6.11. The van der Waals surface area contributed by atoms with Crippen molar-refractivity contribution in [2.45, 2.75) is 17.4 Å². The molecule has 0 saturated carbocycles. The van der Waals surface area contributed by atoms with Crippen LogP contribution in [0.5, 0.6) is 0 Å². The van der Waals surface area contributed by atoms with Crippen LogP contribution in [0.15, 0.2) is 24.4 Å². The summed E-state index contributed by atoms with van der Waals surface area (Å²) in [5, 5.41) is 4.16. The summed E-state index contributed by atoms with van der Waals surface area (Å²) in [5.41, 5.74) is 1.19. The van der Waals surface area contributed by atoms with E-state index in [1.54, 1.807) is 0 Å². The second kappa shape index (κ2) is 4.63. The van der Waals surface area contributed by atoms with Crippen LogP contribution in [-0.4, -0.2) is 23.3 Å². The fraction of sp³-hybridized carbons (Fsp3) is 0.500. The molecule has 1 aliphatic heterocycles. The van der Waals surface area contributed by atoms with Gasteiger partial charge < -0.3 is 5.32 Å². The molecule has 0 aromatic carbocycles. The number of hydrogen-bond acceptors (Lipinski definition) is 3. The molecule has 13 heavy (non-hydrogen) atoms. The topological polar surface area (TPSA) is 24.9 Å². The molecule has 1 N–H and O–H groups in total. The summed E-state index contributed by atoms with van der Waals surface area (Å²) in [5.74, 6) is 1.05. The lowest BCUT2D eigenvalue weighted by atomic mass is 10.4. The van der Waals surface area contributed by atoms with Gasteiger partial charge in [-0.25, -0.2) is 0 Å². The van der Waals surface area contributed by atoms with E-state index in [4.69, 9.17) is 0 Å². The van der Waals surface area contributed by atoms with Crippen molar-refractivity contribution in [2.24, 2.45) is 0 Å². The van der Waals surface area contributed by atoms with Crippen LogP contribution in [0.25, 0.3) is 0 Å². The number of nitrogens with zero attached hydrogens (tertiary/aromatic N) is 1. The van der Waals surface area contributed by atoms with E-state index in [1.165, 1.54) is 18.7 Å². The van der Waals surface area contributed by atoms with E-state index in [0.29, 0.717) is 0 Å². The van der Waals surface area contributed by atoms with Gasteiger partial charge in [-0.3, -0.25) is 4.98 Å². The van der Waals surface area contributed by atoms with Gasteiger partial charge in [-0.1, -0.05) is 6.07 Å². The molecule has 70 valence electrons. The van der Waals surface area contributed by atoms with E-state index < -0.39 is 0 Å². The maximum Gasteiger partial charge on any atom is 0.0502 e. The summed E-state index contributed by atoms with van der Waals surface area (Å²) in [6.45, 7) is 2.34. The molecule has 0 radical (unpaired) electrons. The minimum atomic E-state index is 0.794. The average molecular weight is 194 g/mol. The Morgan fingerprint density at radius 1 is 1.54 bits per heavy atom. The number of pyridine rings is 1. The Morgan fingerprint density at radius 3 is 3.23 bits per heavy atom. The Balaban J connectivity index is 1.79. The van der Waals surface area contributed by atoms with E-state index in [9.17, 15) is 0 Å². The minimum absolute atomic E-state index is 0.794. The lowest BCUT2D eigenvalue weighted by molar-refractivity contribution is 0.858. The van der Waals surface area contributed by atoms with Crippen LogP contribution >= 0.6 is 11.8 Å². The van der Waals surface area contributed by atoms with Gasteiger partial charge in [-0.2, -0.15) is 11.8 Å². The van der Waals surface area contributed by atoms with E-state index in [2.05, 4.69) is 22.4 Å². The third kappa shape index (κ3) is 2.71. The fourth-order valence-electron chi connectivity index (χ4n) is 1.46. The van der Waals surface area contributed by atoms with Gasteiger partial charge in [0.2, 0.25) is 0 Å². The molecule has 3 heteroatoms. The number of hydrogen-bond donors (Lipinski definition) is 1. The molecular weight excluding hydrogens is 180 g/mol. The quantitative estimate of drug-likeness (QED) is 0.792. The summed E-state index contributed by atoms with van der Waals surface area (Å²) in [4.78, 5) is 4.30. The normalized spacial score (nSPS) is 22.0. The van der Waals surface area contributed by atoms with Gasteiger partial charge >= 0.3 is 0 Å². The summed E-state index contributed by atoms with van der Waals surface area (Å²) < 4.78 is 0. The zero-order valence-electron chi connectivity index (χ0n) is 7.57. The Labute approximate surface area is 83.1 Å². The van der Waals surface area contributed by atoms with Gasteiger partial charge in [0.25, 0.3) is 0 Å². The first-order valence-corrected chi connectivity index (χ1v) is 5.72. The highest BCUT2D eigenvalue weighted by Crippen LogP contribution is 2.20. The third-order valence-electron chi connectivity index (χ3n) is 2.21. The van der Waals surface area contributed by atoms with Crippen molar-refractivity contribution >= 4 is 11.8 Å². The molecule has 2 nitrogen and oxygen atoms in total. The standard InChI is InChI=1S/C10H14N2S/c1-2-5-12-9(3-1)8-13-10-4-6-11-7-10/h1-3,5,10-11H,4,6-8H2. The second-order valence-corrected chi connectivity index (χ2v) is 4.54. The van der Waals surface area contributed by atoms with Crippen molar-refractivity contribution in [3.8, 4) is 0 Å². The number of aromatic nitrogens is 1. The summed E-state index contributed by atoms with van der Waals surface area (Å²) in [6.07, 6.45) is 3.17. The highest BCUT2D eigenvalue weighted by molar-refractivity contribution is 7.99. The van der Waals surface area contributed by atoms with E-state index in [-0.39, 0.29) is 0 Å². The SMILES string of the molecule is c1ccc(CSC2CCNC2)nc1. The minimum Gasteiger partial charge on any atom is -0.316 e. The van der Waals surface area contributed by atoms with Crippen LogP contribution in [0.3, 0.4) is 0 Å². The van der Waals surface area contributed by atoms with E-state index >= 15 is 0 Å². The molecule has 1 aliphatic rings. The third-order valence-corrected chi connectivity index (χ3v) is 3.54. The molecule has 1 unspecified atom stereocenters. The zero-order chi connectivity index (χ0) is 8.93. The summed E-state index contributed by atoms with van der Waals surface area (Å²) >= 11 is 2.01. The van der Waals surface area contributed by atoms with Crippen molar-refractivity contribution in [1.82, 2.24) is 10.3 Å². The molecule has 0 aliphatic carbocycles. The molecule has 0 amide bonds. The predicted octanol–water partition coefficient (Wildman–Crippen LogP) is 1.68. The maximum absolute atomic E-state index is 4.30. The molecule has 0 spiro atoms. The van der Waals surface area contributed by atoms with Crippen molar-refractivity contribution in [1.29, 1.82) is 0 Å². The monoisotopic (exact) mass is 194 g/mol. The highest BCUT2D eigenvalue weighted by Gasteiger charge is 2.14.